The van der Waals surface area contributed by atoms with Crippen LogP contribution in [0, 0.1) is 5.92 Å². The Morgan fingerprint density at radius 1 is 1.10 bits per heavy atom. The Bertz CT molecular complexity index is 469. The van der Waals surface area contributed by atoms with Crippen LogP contribution in [-0.2, 0) is 4.79 Å². The van der Waals surface area contributed by atoms with Gasteiger partial charge in [-0.2, -0.15) is 0 Å². The predicted octanol–water partition coefficient (Wildman–Crippen LogP) is 3.03. The van der Waals surface area contributed by atoms with Crippen LogP contribution in [0.15, 0.2) is 29.2 Å². The summed E-state index contributed by atoms with van der Waals surface area (Å²) in [6.07, 6.45) is 0. The Kier molecular flexibility index (Phi) is 6.07. The van der Waals surface area contributed by atoms with E-state index in [1.165, 1.54) is 0 Å². The highest BCUT2D eigenvalue weighted by molar-refractivity contribution is 7.99. The number of benzene rings is 1. The van der Waals surface area contributed by atoms with E-state index in [2.05, 4.69) is 19.2 Å². The van der Waals surface area contributed by atoms with E-state index in [9.17, 15) is 9.59 Å². The largest absolute Gasteiger partial charge is 0.480 e. The van der Waals surface area contributed by atoms with Gasteiger partial charge in [-0.15, -0.1) is 11.8 Å². The SMILES string of the molecule is CC(C)Sc1ccc(C(=O)NC(C(=O)O)C(C)C)cc1. The highest BCUT2D eigenvalue weighted by atomic mass is 32.2. The van der Waals surface area contributed by atoms with Gasteiger partial charge in [-0.3, -0.25) is 4.79 Å². The van der Waals surface area contributed by atoms with Gasteiger partial charge in [0.1, 0.15) is 6.04 Å². The lowest BCUT2D eigenvalue weighted by molar-refractivity contribution is -0.140. The number of carboxylic acids is 1. The van der Waals surface area contributed by atoms with Crippen LogP contribution in [0.1, 0.15) is 38.1 Å². The zero-order chi connectivity index (χ0) is 15.3. The van der Waals surface area contributed by atoms with Crippen molar-refractivity contribution in [2.24, 2.45) is 5.92 Å². The molecule has 5 heteroatoms. The lowest BCUT2D eigenvalue weighted by Gasteiger charge is -2.18. The molecule has 0 heterocycles. The molecule has 1 unspecified atom stereocenters. The fourth-order valence-corrected chi connectivity index (χ4v) is 2.53. The minimum atomic E-state index is -1.01. The number of carbonyl (C=O) groups excluding carboxylic acids is 1. The first-order valence-electron chi connectivity index (χ1n) is 6.61. The second-order valence-corrected chi connectivity index (χ2v) is 6.87. The number of rotatable bonds is 6. The van der Waals surface area contributed by atoms with Crippen LogP contribution in [0.4, 0.5) is 0 Å². The summed E-state index contributed by atoms with van der Waals surface area (Å²) in [5.41, 5.74) is 0.477. The fraction of sp³-hybridized carbons (Fsp3) is 0.467. The van der Waals surface area contributed by atoms with Crippen LogP contribution in [0.2, 0.25) is 0 Å². The van der Waals surface area contributed by atoms with Crippen molar-refractivity contribution >= 4 is 23.6 Å². The third kappa shape index (κ3) is 4.89. The molecule has 0 aromatic heterocycles. The lowest BCUT2D eigenvalue weighted by atomic mass is 10.0. The van der Waals surface area contributed by atoms with Crippen LogP contribution in [0.25, 0.3) is 0 Å². The average molecular weight is 295 g/mol. The molecule has 0 spiro atoms. The summed E-state index contributed by atoms with van der Waals surface area (Å²) in [6.45, 7) is 7.74. The van der Waals surface area contributed by atoms with E-state index < -0.39 is 12.0 Å². The van der Waals surface area contributed by atoms with Crippen LogP contribution < -0.4 is 5.32 Å². The van der Waals surface area contributed by atoms with Crippen molar-refractivity contribution in [3.8, 4) is 0 Å². The predicted molar refractivity (Wildman–Crippen MR) is 81.2 cm³/mol. The summed E-state index contributed by atoms with van der Waals surface area (Å²) in [5.74, 6) is -1.53. The van der Waals surface area contributed by atoms with E-state index in [1.807, 2.05) is 12.1 Å². The van der Waals surface area contributed by atoms with Gasteiger partial charge >= 0.3 is 5.97 Å². The molecule has 20 heavy (non-hydrogen) atoms. The molecule has 4 nitrogen and oxygen atoms in total. The monoisotopic (exact) mass is 295 g/mol. The summed E-state index contributed by atoms with van der Waals surface area (Å²) in [5, 5.41) is 12.1. The Balaban J connectivity index is 2.74. The van der Waals surface area contributed by atoms with E-state index in [0.717, 1.165) is 4.90 Å². The topological polar surface area (TPSA) is 66.4 Å². The minimum Gasteiger partial charge on any atom is -0.480 e. The molecule has 0 saturated carbocycles. The second kappa shape index (κ2) is 7.33. The number of aliphatic carboxylic acids is 1. The minimum absolute atomic E-state index is 0.160. The maximum Gasteiger partial charge on any atom is 0.326 e. The van der Waals surface area contributed by atoms with Crippen molar-refractivity contribution in [1.29, 1.82) is 0 Å². The standard InChI is InChI=1S/C15H21NO3S/c1-9(2)13(15(18)19)16-14(17)11-5-7-12(8-6-11)20-10(3)4/h5-10,13H,1-4H3,(H,16,17)(H,18,19). The van der Waals surface area contributed by atoms with Crippen molar-refractivity contribution in [1.82, 2.24) is 5.32 Å². The molecule has 110 valence electrons. The van der Waals surface area contributed by atoms with Crippen LogP contribution in [0.5, 0.6) is 0 Å². The number of nitrogens with one attached hydrogen (secondary N) is 1. The third-order valence-corrected chi connectivity index (χ3v) is 3.72. The first kappa shape index (κ1) is 16.6. The molecule has 1 rings (SSSR count). The summed E-state index contributed by atoms with van der Waals surface area (Å²) in [6, 6.07) is 6.33. The van der Waals surface area contributed by atoms with E-state index in [0.29, 0.717) is 10.8 Å². The molecule has 0 saturated heterocycles. The van der Waals surface area contributed by atoms with Crippen molar-refractivity contribution in [3.63, 3.8) is 0 Å². The number of carboxylic acid groups (broad SMARTS) is 1. The number of amides is 1. The lowest BCUT2D eigenvalue weighted by Crippen LogP contribution is -2.44. The summed E-state index contributed by atoms with van der Waals surface area (Å²) in [7, 11) is 0. The first-order valence-corrected chi connectivity index (χ1v) is 7.49. The van der Waals surface area contributed by atoms with Crippen LogP contribution >= 0.6 is 11.8 Å². The Hall–Kier alpha value is -1.49. The molecule has 1 aromatic rings. The smallest absolute Gasteiger partial charge is 0.326 e. The quantitative estimate of drug-likeness (QED) is 0.792. The van der Waals surface area contributed by atoms with Crippen molar-refractivity contribution in [3.05, 3.63) is 29.8 Å². The van der Waals surface area contributed by atoms with Crippen molar-refractivity contribution in [2.45, 2.75) is 43.9 Å². The van der Waals surface area contributed by atoms with Gasteiger partial charge < -0.3 is 10.4 Å². The van der Waals surface area contributed by atoms with Gasteiger partial charge in [-0.1, -0.05) is 27.7 Å². The molecule has 0 fully saturated rings. The van der Waals surface area contributed by atoms with Crippen LogP contribution in [-0.4, -0.2) is 28.3 Å². The maximum absolute atomic E-state index is 12.0. The summed E-state index contributed by atoms with van der Waals surface area (Å²) < 4.78 is 0. The highest BCUT2D eigenvalue weighted by Crippen LogP contribution is 2.22. The third-order valence-electron chi connectivity index (χ3n) is 2.71. The summed E-state index contributed by atoms with van der Waals surface area (Å²) >= 11 is 1.72. The number of thioether (sulfide) groups is 1. The zero-order valence-corrected chi connectivity index (χ0v) is 13.0. The highest BCUT2D eigenvalue weighted by Gasteiger charge is 2.23. The number of carbonyl (C=O) groups is 2. The molecular formula is C15H21NO3S. The number of hydrogen-bond donors (Lipinski definition) is 2. The Morgan fingerprint density at radius 3 is 2.05 bits per heavy atom. The normalized spacial score (nSPS) is 12.5. The molecule has 1 amide bonds. The summed E-state index contributed by atoms with van der Waals surface area (Å²) in [4.78, 5) is 24.2. The molecule has 1 aromatic carbocycles. The van der Waals surface area contributed by atoms with E-state index in [4.69, 9.17) is 5.11 Å². The van der Waals surface area contributed by atoms with Crippen molar-refractivity contribution < 1.29 is 14.7 Å². The average Bonchev–Trinajstić information content (AvgIpc) is 2.35. The first-order chi connectivity index (χ1) is 9.31. The van der Waals surface area contributed by atoms with Gasteiger partial charge in [0.25, 0.3) is 5.91 Å². The van der Waals surface area contributed by atoms with Gasteiger partial charge in [-0.05, 0) is 30.2 Å². The fourth-order valence-electron chi connectivity index (χ4n) is 1.70. The number of hydrogen-bond acceptors (Lipinski definition) is 3. The van der Waals surface area contributed by atoms with E-state index >= 15 is 0 Å². The molecular weight excluding hydrogens is 274 g/mol. The van der Waals surface area contributed by atoms with E-state index in [-0.39, 0.29) is 11.8 Å². The van der Waals surface area contributed by atoms with Gasteiger partial charge in [0.15, 0.2) is 0 Å². The Labute approximate surface area is 124 Å². The molecule has 2 N–H and O–H groups in total. The zero-order valence-electron chi connectivity index (χ0n) is 12.2. The molecule has 1 atom stereocenters. The maximum atomic E-state index is 12.0. The van der Waals surface area contributed by atoms with Gasteiger partial charge in [0.05, 0.1) is 0 Å². The Morgan fingerprint density at radius 2 is 1.65 bits per heavy atom. The van der Waals surface area contributed by atoms with Gasteiger partial charge in [0.2, 0.25) is 0 Å². The second-order valence-electron chi connectivity index (χ2n) is 5.22. The van der Waals surface area contributed by atoms with Gasteiger partial charge in [-0.25, -0.2) is 4.79 Å². The van der Waals surface area contributed by atoms with Crippen molar-refractivity contribution in [2.75, 3.05) is 0 Å². The molecule has 0 aliphatic heterocycles. The molecule has 0 radical (unpaired) electrons. The van der Waals surface area contributed by atoms with Crippen LogP contribution in [0.3, 0.4) is 0 Å². The van der Waals surface area contributed by atoms with Gasteiger partial charge in [0, 0.05) is 15.7 Å². The van der Waals surface area contributed by atoms with E-state index in [1.54, 1.807) is 37.7 Å². The molecule has 0 bridgehead atoms. The molecule has 0 aliphatic carbocycles. The molecule has 0 aliphatic rings.